The molecule has 0 spiro atoms. The van der Waals surface area contributed by atoms with Crippen LogP contribution in [0.3, 0.4) is 0 Å². The summed E-state index contributed by atoms with van der Waals surface area (Å²) in [5.74, 6) is -0.0676. The number of piperidine rings is 1. The Hall–Kier alpha value is -3.66. The van der Waals surface area contributed by atoms with Crippen LogP contribution >= 0.6 is 0 Å². The van der Waals surface area contributed by atoms with Crippen LogP contribution in [0.2, 0.25) is 0 Å². The number of nitrogen functional groups attached to an aromatic ring is 1. The van der Waals surface area contributed by atoms with Gasteiger partial charge >= 0.3 is 202 Å². The molecule has 1 amide bonds. The average molecular weight is 472 g/mol. The second-order valence-electron chi connectivity index (χ2n) is 9.17. The first-order valence-corrected chi connectivity index (χ1v) is 11.6. The number of aromatic nitrogens is 4. The summed E-state index contributed by atoms with van der Waals surface area (Å²) in [7, 11) is 4.12. The monoisotopic (exact) mass is 472 g/mol. The number of aliphatic hydroxyl groups is 1. The molecule has 1 aliphatic rings. The summed E-state index contributed by atoms with van der Waals surface area (Å²) < 4.78 is 15.4. The van der Waals surface area contributed by atoms with Crippen molar-refractivity contribution in [1.82, 2.24) is 24.5 Å². The third kappa shape index (κ3) is 4.08. The molecule has 5 rings (SSSR count). The van der Waals surface area contributed by atoms with Gasteiger partial charge in [-0.25, -0.2) is 0 Å². The van der Waals surface area contributed by atoms with Crippen LogP contribution in [0.5, 0.6) is 0 Å². The number of halogens is 1. The average Bonchev–Trinajstić information content (AvgIpc) is 3.27. The molecule has 0 saturated carbocycles. The number of hydrogen-bond acceptors (Lipinski definition) is 6. The van der Waals surface area contributed by atoms with Crippen LogP contribution in [0.15, 0.2) is 36.7 Å². The van der Waals surface area contributed by atoms with Gasteiger partial charge in [-0.05, 0) is 0 Å². The van der Waals surface area contributed by atoms with E-state index in [-0.39, 0.29) is 17.6 Å². The molecular formula is C25H26BFN6O2. The van der Waals surface area contributed by atoms with Crippen molar-refractivity contribution in [2.45, 2.75) is 38.7 Å². The number of rotatable bonds is 4. The van der Waals surface area contributed by atoms with Gasteiger partial charge in [0.2, 0.25) is 0 Å². The molecule has 0 aliphatic carbocycles. The van der Waals surface area contributed by atoms with Crippen LogP contribution in [-0.2, 0) is 4.79 Å². The molecule has 1 aromatic carbocycles. The van der Waals surface area contributed by atoms with Gasteiger partial charge in [0, 0.05) is 0 Å². The maximum atomic E-state index is 13.8. The van der Waals surface area contributed by atoms with Gasteiger partial charge in [0.15, 0.2) is 0 Å². The van der Waals surface area contributed by atoms with E-state index in [0.29, 0.717) is 48.3 Å². The zero-order valence-corrected chi connectivity index (χ0v) is 19.7. The fraction of sp³-hybridized carbons (Fsp3) is 0.320. The van der Waals surface area contributed by atoms with Gasteiger partial charge in [0.05, 0.1) is 0 Å². The number of amides is 1. The first-order chi connectivity index (χ1) is 16.7. The molecule has 0 bridgehead atoms. The Balaban J connectivity index is 1.59. The van der Waals surface area contributed by atoms with Gasteiger partial charge in [-0.1, -0.05) is 0 Å². The molecule has 35 heavy (non-hydrogen) atoms. The number of anilines is 1. The number of benzene rings is 1. The number of hydrogen-bond donors (Lipinski definition) is 2. The van der Waals surface area contributed by atoms with E-state index >= 15 is 0 Å². The number of likely N-dealkylation sites (tertiary alicyclic amines) is 1. The second-order valence-corrected chi connectivity index (χ2v) is 9.17. The predicted molar refractivity (Wildman–Crippen MR) is 135 cm³/mol. The first kappa shape index (κ1) is 23.1. The Morgan fingerprint density at radius 1 is 1.26 bits per heavy atom. The van der Waals surface area contributed by atoms with Crippen LogP contribution in [0, 0.1) is 5.82 Å². The quantitative estimate of drug-likeness (QED) is 0.441. The summed E-state index contributed by atoms with van der Waals surface area (Å²) in [5, 5.41) is 14.8. The van der Waals surface area contributed by atoms with Crippen molar-refractivity contribution in [3.63, 3.8) is 0 Å². The van der Waals surface area contributed by atoms with E-state index in [1.54, 1.807) is 27.9 Å². The molecule has 4 aromatic rings. The molecule has 1 aliphatic heterocycles. The van der Waals surface area contributed by atoms with Gasteiger partial charge in [-0.2, -0.15) is 0 Å². The first-order valence-electron chi connectivity index (χ1n) is 11.6. The predicted octanol–water partition coefficient (Wildman–Crippen LogP) is 2.19. The van der Waals surface area contributed by atoms with Crippen molar-refractivity contribution < 1.29 is 14.3 Å². The summed E-state index contributed by atoms with van der Waals surface area (Å²) in [6.45, 7) is 4.44. The van der Waals surface area contributed by atoms with Gasteiger partial charge in [-0.3, -0.25) is 0 Å². The number of nitrogens with two attached hydrogens (primary N) is 1. The minimum absolute atomic E-state index is 0.0682. The van der Waals surface area contributed by atoms with Crippen LogP contribution < -0.4 is 5.73 Å². The molecule has 0 unspecified atom stereocenters. The van der Waals surface area contributed by atoms with E-state index in [1.165, 1.54) is 19.1 Å². The summed E-state index contributed by atoms with van der Waals surface area (Å²) in [6, 6.07) is 6.35. The van der Waals surface area contributed by atoms with Crippen molar-refractivity contribution in [1.29, 1.82) is 0 Å². The Kier molecular flexibility index (Phi) is 5.84. The summed E-state index contributed by atoms with van der Waals surface area (Å²) in [4.78, 5) is 23.4. The molecule has 3 N–H and O–H groups in total. The third-order valence-corrected chi connectivity index (χ3v) is 6.64. The van der Waals surface area contributed by atoms with Gasteiger partial charge in [0.1, 0.15) is 0 Å². The minimum atomic E-state index is -1.01. The molecular weight excluding hydrogens is 446 g/mol. The zero-order chi connectivity index (χ0) is 24.9. The molecule has 1 atom stereocenters. The molecule has 0 radical (unpaired) electrons. The SMILES string of the molecule is B=C(C)c1c(C2CCN(C(=O)[C@@H](C)O)CC2)nc2c(-c3cnc4ccc(F)cc4c3)cnn2c1N. The van der Waals surface area contributed by atoms with E-state index in [2.05, 4.69) is 17.6 Å². The van der Waals surface area contributed by atoms with E-state index in [0.717, 1.165) is 27.8 Å². The normalized spacial score (nSPS) is 15.6. The summed E-state index contributed by atoms with van der Waals surface area (Å²) in [5.41, 5.74) is 11.7. The summed E-state index contributed by atoms with van der Waals surface area (Å²) >= 11 is 0. The standard InChI is InChI=1S/C25H26BFN6O2/c1-13(26)21-22(15-5-7-32(8-6-15)25(35)14(2)34)31-24-19(12-30-33(24)23(21)28)17-9-16-10-18(27)3-4-20(16)29-11-17/h3-4,9-12,14-15,26,34H,5-8,28H2,1-2H3/t14-/m1/s1. The van der Waals surface area contributed by atoms with Crippen molar-refractivity contribution in [3.8, 4) is 11.1 Å². The number of carbonyl (C=O) groups excluding carboxylic acids is 1. The van der Waals surface area contributed by atoms with Crippen LogP contribution in [0.1, 0.15) is 43.9 Å². The number of nitrogens with zero attached hydrogens (tertiary/aromatic N) is 5. The number of fused-ring (bicyclic) bond motifs is 2. The van der Waals surface area contributed by atoms with E-state index in [4.69, 9.17) is 10.7 Å². The van der Waals surface area contributed by atoms with E-state index < -0.39 is 6.10 Å². The van der Waals surface area contributed by atoms with Crippen molar-refractivity contribution in [2.24, 2.45) is 0 Å². The molecule has 4 heterocycles. The van der Waals surface area contributed by atoms with Crippen LogP contribution in [0.4, 0.5) is 10.2 Å². The van der Waals surface area contributed by atoms with Crippen molar-refractivity contribution in [2.75, 3.05) is 18.8 Å². The van der Waals surface area contributed by atoms with Crippen molar-refractivity contribution >= 4 is 41.2 Å². The fourth-order valence-corrected chi connectivity index (χ4v) is 4.86. The Labute approximate surface area is 202 Å². The molecule has 1 fully saturated rings. The molecule has 8 nitrogen and oxygen atoms in total. The van der Waals surface area contributed by atoms with Gasteiger partial charge in [0.25, 0.3) is 0 Å². The Morgan fingerprint density at radius 3 is 2.69 bits per heavy atom. The number of aliphatic hydroxyl groups excluding tert-OH is 1. The summed E-state index contributed by atoms with van der Waals surface area (Å²) in [6.07, 6.45) is 3.79. The molecule has 10 heteroatoms. The Morgan fingerprint density at radius 2 is 2.00 bits per heavy atom. The fourth-order valence-electron chi connectivity index (χ4n) is 4.86. The Bertz CT molecular complexity index is 1480. The maximum absolute atomic E-state index is 13.8. The second kappa shape index (κ2) is 8.85. The van der Waals surface area contributed by atoms with Gasteiger partial charge < -0.3 is 0 Å². The van der Waals surface area contributed by atoms with Gasteiger partial charge in [-0.15, -0.1) is 0 Å². The molecule has 1 saturated heterocycles. The zero-order valence-electron chi connectivity index (χ0n) is 19.7. The van der Waals surface area contributed by atoms with Crippen LogP contribution in [-0.4, -0.2) is 67.6 Å². The topological polar surface area (TPSA) is 110 Å². The van der Waals surface area contributed by atoms with Crippen molar-refractivity contribution in [3.05, 3.63) is 53.7 Å². The van der Waals surface area contributed by atoms with E-state index in [1.807, 2.05) is 13.0 Å². The molecule has 178 valence electrons. The number of carbonyl (C=O) groups is 1. The third-order valence-electron chi connectivity index (χ3n) is 6.64. The number of pyridine rings is 1. The van der Waals surface area contributed by atoms with Crippen LogP contribution in [0.25, 0.3) is 27.7 Å². The van der Waals surface area contributed by atoms with E-state index in [9.17, 15) is 14.3 Å². The molecule has 3 aromatic heterocycles.